The Labute approximate surface area is 180 Å². The molecule has 0 unspecified atom stereocenters. The highest BCUT2D eigenvalue weighted by molar-refractivity contribution is 7.89. The number of carbonyl (C=O) groups excluding carboxylic acids is 3. The molecule has 0 radical (unpaired) electrons. The normalized spacial score (nSPS) is 11.2. The van der Waals surface area contributed by atoms with Crippen molar-refractivity contribution in [1.82, 2.24) is 9.62 Å². The van der Waals surface area contributed by atoms with Crippen LogP contribution in [-0.2, 0) is 30.9 Å². The number of carbonyl (C=O) groups is 3. The summed E-state index contributed by atoms with van der Waals surface area (Å²) >= 11 is 0. The quantitative estimate of drug-likeness (QED) is 0.537. The number of benzene rings is 1. The lowest BCUT2D eigenvalue weighted by molar-refractivity contribution is -0.144. The molecule has 0 saturated heterocycles. The molecule has 1 N–H and O–H groups in total. The summed E-state index contributed by atoms with van der Waals surface area (Å²) in [6.45, 7) is 3.54. The number of furan rings is 1. The highest BCUT2D eigenvalue weighted by Crippen LogP contribution is 2.16. The molecule has 1 amide bonds. The Kier molecular flexibility index (Phi) is 8.34. The Balaban J connectivity index is 1.87. The highest BCUT2D eigenvalue weighted by atomic mass is 32.2. The van der Waals surface area contributed by atoms with Crippen LogP contribution in [-0.4, -0.2) is 57.3 Å². The molecule has 0 spiro atoms. The molecule has 0 atom stereocenters. The van der Waals surface area contributed by atoms with Crippen molar-refractivity contribution in [2.45, 2.75) is 25.3 Å². The number of sulfonamides is 1. The fourth-order valence-corrected chi connectivity index (χ4v) is 4.07. The average molecular weight is 452 g/mol. The van der Waals surface area contributed by atoms with Gasteiger partial charge in [-0.25, -0.2) is 13.2 Å². The largest absolute Gasteiger partial charge is 0.463 e. The van der Waals surface area contributed by atoms with Crippen LogP contribution in [0.25, 0.3) is 0 Å². The summed E-state index contributed by atoms with van der Waals surface area (Å²) in [4.78, 5) is 35.4. The minimum absolute atomic E-state index is 0.0201. The van der Waals surface area contributed by atoms with E-state index in [0.29, 0.717) is 13.1 Å². The minimum atomic E-state index is -3.62. The van der Waals surface area contributed by atoms with Crippen molar-refractivity contribution in [3.63, 3.8) is 0 Å². The predicted octanol–water partition coefficient (Wildman–Crippen LogP) is 1.57. The maximum Gasteiger partial charge on any atom is 0.373 e. The molecule has 1 aromatic heterocycles. The van der Waals surface area contributed by atoms with Crippen molar-refractivity contribution in [3.05, 3.63) is 53.5 Å². The Bertz CT molecular complexity index is 1020. The van der Waals surface area contributed by atoms with Crippen LogP contribution in [0.15, 0.2) is 45.7 Å². The maximum absolute atomic E-state index is 12.5. The molecule has 0 aliphatic carbocycles. The van der Waals surface area contributed by atoms with Gasteiger partial charge >= 0.3 is 11.9 Å². The van der Waals surface area contributed by atoms with Gasteiger partial charge in [0.2, 0.25) is 15.8 Å². The number of hydrogen-bond donors (Lipinski definition) is 1. The standard InChI is InChI=1S/C20H24N2O8S/c1-4-22(5-2)31(26,27)16-9-6-14(7-10-16)19(24)21-12-18(23)29-13-15-8-11-17(30-15)20(25)28-3/h6-11H,4-5,12-13H2,1-3H3,(H,21,24). The zero-order valence-corrected chi connectivity index (χ0v) is 18.2. The fraction of sp³-hybridized carbons (Fsp3) is 0.350. The lowest BCUT2D eigenvalue weighted by atomic mass is 10.2. The van der Waals surface area contributed by atoms with Crippen molar-refractivity contribution in [2.75, 3.05) is 26.7 Å². The number of methoxy groups -OCH3 is 1. The molecule has 1 heterocycles. The third-order valence-electron chi connectivity index (χ3n) is 4.28. The molecule has 2 rings (SSSR count). The van der Waals surface area contributed by atoms with Crippen LogP contribution in [0.2, 0.25) is 0 Å². The van der Waals surface area contributed by atoms with Crippen LogP contribution >= 0.6 is 0 Å². The van der Waals surface area contributed by atoms with E-state index in [1.165, 1.54) is 47.8 Å². The molecule has 0 saturated carbocycles. The van der Waals surface area contributed by atoms with Gasteiger partial charge in [-0.1, -0.05) is 13.8 Å². The first-order valence-corrected chi connectivity index (χ1v) is 10.9. The smallest absolute Gasteiger partial charge is 0.373 e. The van der Waals surface area contributed by atoms with E-state index in [1.807, 2.05) is 0 Å². The lowest BCUT2D eigenvalue weighted by Crippen LogP contribution is -2.31. The van der Waals surface area contributed by atoms with Crippen molar-refractivity contribution in [1.29, 1.82) is 0 Å². The van der Waals surface area contributed by atoms with E-state index in [2.05, 4.69) is 10.1 Å². The molecule has 31 heavy (non-hydrogen) atoms. The van der Waals surface area contributed by atoms with E-state index in [0.717, 1.165) is 0 Å². The Morgan fingerprint density at radius 1 is 1.03 bits per heavy atom. The second-order valence-corrected chi connectivity index (χ2v) is 8.15. The Morgan fingerprint density at radius 2 is 1.68 bits per heavy atom. The van der Waals surface area contributed by atoms with Gasteiger partial charge in [-0.2, -0.15) is 4.31 Å². The number of amides is 1. The molecular formula is C20H24N2O8S. The van der Waals surface area contributed by atoms with Crippen molar-refractivity contribution < 1.29 is 36.7 Å². The SMILES string of the molecule is CCN(CC)S(=O)(=O)c1ccc(C(=O)NCC(=O)OCc2ccc(C(=O)OC)o2)cc1. The van der Waals surface area contributed by atoms with Gasteiger partial charge in [-0.3, -0.25) is 9.59 Å². The summed E-state index contributed by atoms with van der Waals surface area (Å²) < 4.78 is 40.9. The number of nitrogens with zero attached hydrogens (tertiary/aromatic N) is 1. The van der Waals surface area contributed by atoms with E-state index >= 15 is 0 Å². The van der Waals surface area contributed by atoms with Crippen LogP contribution in [0.1, 0.15) is 40.5 Å². The van der Waals surface area contributed by atoms with E-state index < -0.39 is 34.4 Å². The van der Waals surface area contributed by atoms with Crippen LogP contribution < -0.4 is 5.32 Å². The van der Waals surface area contributed by atoms with E-state index in [-0.39, 0.29) is 28.6 Å². The van der Waals surface area contributed by atoms with Crippen LogP contribution in [0, 0.1) is 0 Å². The summed E-state index contributed by atoms with van der Waals surface area (Å²) in [5, 5.41) is 2.39. The van der Waals surface area contributed by atoms with Gasteiger partial charge in [0.1, 0.15) is 18.9 Å². The summed E-state index contributed by atoms with van der Waals surface area (Å²) in [5.74, 6) is -1.71. The van der Waals surface area contributed by atoms with E-state index in [1.54, 1.807) is 13.8 Å². The molecular weight excluding hydrogens is 428 g/mol. The second-order valence-electron chi connectivity index (χ2n) is 6.21. The first kappa shape index (κ1) is 24.1. The van der Waals surface area contributed by atoms with Gasteiger partial charge in [0.15, 0.2) is 0 Å². The molecule has 10 nitrogen and oxygen atoms in total. The van der Waals surface area contributed by atoms with Crippen molar-refractivity contribution in [3.8, 4) is 0 Å². The maximum atomic E-state index is 12.5. The number of hydrogen-bond acceptors (Lipinski definition) is 8. The van der Waals surface area contributed by atoms with Gasteiger partial charge in [-0.05, 0) is 36.4 Å². The molecule has 0 bridgehead atoms. The summed E-state index contributed by atoms with van der Waals surface area (Å²) in [7, 11) is -2.41. The van der Waals surface area contributed by atoms with Crippen LogP contribution in [0.5, 0.6) is 0 Å². The van der Waals surface area contributed by atoms with Gasteiger partial charge in [0.25, 0.3) is 5.91 Å². The Hall–Kier alpha value is -3.18. The number of ether oxygens (including phenoxy) is 2. The molecule has 11 heteroatoms. The van der Waals surface area contributed by atoms with Crippen LogP contribution in [0.3, 0.4) is 0 Å². The summed E-state index contributed by atoms with van der Waals surface area (Å²) in [5.41, 5.74) is 0.194. The molecule has 0 fully saturated rings. The third-order valence-corrected chi connectivity index (χ3v) is 6.34. The molecule has 0 aliphatic rings. The average Bonchev–Trinajstić information content (AvgIpc) is 3.25. The van der Waals surface area contributed by atoms with Gasteiger partial charge in [-0.15, -0.1) is 0 Å². The van der Waals surface area contributed by atoms with E-state index in [4.69, 9.17) is 9.15 Å². The molecule has 2 aromatic rings. The molecule has 1 aromatic carbocycles. The monoisotopic (exact) mass is 452 g/mol. The van der Waals surface area contributed by atoms with Gasteiger partial charge < -0.3 is 19.2 Å². The minimum Gasteiger partial charge on any atom is -0.463 e. The predicted molar refractivity (Wildman–Crippen MR) is 109 cm³/mol. The first-order valence-electron chi connectivity index (χ1n) is 9.44. The van der Waals surface area contributed by atoms with Crippen molar-refractivity contribution >= 4 is 27.9 Å². The number of esters is 2. The summed E-state index contributed by atoms with van der Waals surface area (Å²) in [6, 6.07) is 8.28. The summed E-state index contributed by atoms with van der Waals surface area (Å²) in [6.07, 6.45) is 0. The third kappa shape index (κ3) is 6.15. The zero-order valence-electron chi connectivity index (χ0n) is 17.4. The second kappa shape index (κ2) is 10.7. The zero-order chi connectivity index (χ0) is 23.0. The number of rotatable bonds is 10. The Morgan fingerprint density at radius 3 is 2.26 bits per heavy atom. The highest BCUT2D eigenvalue weighted by Gasteiger charge is 2.21. The topological polar surface area (TPSA) is 132 Å². The van der Waals surface area contributed by atoms with Gasteiger partial charge in [0.05, 0.1) is 12.0 Å². The van der Waals surface area contributed by atoms with Crippen molar-refractivity contribution in [2.24, 2.45) is 0 Å². The fourth-order valence-electron chi connectivity index (χ4n) is 2.61. The van der Waals surface area contributed by atoms with Crippen LogP contribution in [0.4, 0.5) is 0 Å². The first-order chi connectivity index (χ1) is 14.7. The molecule has 168 valence electrons. The van der Waals surface area contributed by atoms with E-state index in [9.17, 15) is 22.8 Å². The lowest BCUT2D eigenvalue weighted by Gasteiger charge is -2.18. The number of nitrogens with one attached hydrogen (secondary N) is 1. The van der Waals surface area contributed by atoms with Gasteiger partial charge in [0, 0.05) is 18.7 Å². The molecule has 0 aliphatic heterocycles.